The first-order valence-electron chi connectivity index (χ1n) is 4.66. The Morgan fingerprint density at radius 2 is 2.12 bits per heavy atom. The summed E-state index contributed by atoms with van der Waals surface area (Å²) in [6.45, 7) is 3.65. The summed E-state index contributed by atoms with van der Waals surface area (Å²) in [5, 5.41) is 0. The summed E-state index contributed by atoms with van der Waals surface area (Å²) in [5.41, 5.74) is 4.74. The summed E-state index contributed by atoms with van der Waals surface area (Å²) < 4.78 is 30.8. The zero-order valence-electron chi connectivity index (χ0n) is 9.01. The van der Waals surface area contributed by atoms with E-state index in [1.165, 1.54) is 6.07 Å². The van der Waals surface area contributed by atoms with Crippen molar-refractivity contribution in [1.82, 2.24) is 4.98 Å². The Kier molecular flexibility index (Phi) is 4.21. The highest BCUT2D eigenvalue weighted by molar-refractivity contribution is 9.10. The molecule has 1 aromatic heterocycles. The lowest BCUT2D eigenvalue weighted by atomic mass is 10.1. The van der Waals surface area contributed by atoms with Crippen molar-refractivity contribution in [2.45, 2.75) is 25.8 Å². The number of ether oxygens (including phenoxy) is 1. The monoisotopic (exact) mass is 294 g/mol. The number of hydrogen-bond acceptors (Lipinski definition) is 3. The van der Waals surface area contributed by atoms with Gasteiger partial charge in [0.15, 0.2) is 0 Å². The fourth-order valence-electron chi connectivity index (χ4n) is 0.979. The zero-order chi connectivity index (χ0) is 12.3. The molecule has 16 heavy (non-hydrogen) atoms. The van der Waals surface area contributed by atoms with E-state index < -0.39 is 12.0 Å². The molecule has 6 heteroatoms. The largest absolute Gasteiger partial charge is 0.490 e. The highest BCUT2D eigenvalue weighted by atomic mass is 79.9. The van der Waals surface area contributed by atoms with E-state index in [0.29, 0.717) is 4.60 Å². The van der Waals surface area contributed by atoms with E-state index in [4.69, 9.17) is 10.5 Å². The van der Waals surface area contributed by atoms with E-state index in [-0.39, 0.29) is 18.1 Å². The lowest BCUT2D eigenvalue weighted by molar-refractivity contribution is 0.136. The van der Waals surface area contributed by atoms with Crippen LogP contribution in [0.2, 0.25) is 0 Å². The van der Waals surface area contributed by atoms with Crippen molar-refractivity contribution in [1.29, 1.82) is 0 Å². The van der Waals surface area contributed by atoms with E-state index in [2.05, 4.69) is 20.9 Å². The van der Waals surface area contributed by atoms with Gasteiger partial charge in [0.25, 0.3) is 6.43 Å². The third-order valence-corrected chi connectivity index (χ3v) is 2.10. The van der Waals surface area contributed by atoms with Gasteiger partial charge in [-0.25, -0.2) is 13.8 Å². The first kappa shape index (κ1) is 13.3. The first-order chi connectivity index (χ1) is 7.29. The molecule has 1 rings (SSSR count). The third kappa shape index (κ3) is 4.02. The molecule has 1 heterocycles. The average Bonchev–Trinajstić information content (AvgIpc) is 2.14. The lowest BCUT2D eigenvalue weighted by Gasteiger charge is -2.20. The highest BCUT2D eigenvalue weighted by Crippen LogP contribution is 2.28. The van der Waals surface area contributed by atoms with Crippen LogP contribution in [0.4, 0.5) is 8.78 Å². The molecule has 0 amide bonds. The molecule has 0 saturated carbocycles. The van der Waals surface area contributed by atoms with Crippen molar-refractivity contribution >= 4 is 15.9 Å². The van der Waals surface area contributed by atoms with Crippen LogP contribution in [0.15, 0.2) is 16.7 Å². The lowest BCUT2D eigenvalue weighted by Crippen LogP contribution is -2.38. The minimum absolute atomic E-state index is 0.0664. The maximum Gasteiger partial charge on any atom is 0.284 e. The van der Waals surface area contributed by atoms with Gasteiger partial charge in [-0.15, -0.1) is 0 Å². The number of aromatic nitrogens is 1. The van der Waals surface area contributed by atoms with E-state index in [9.17, 15) is 8.78 Å². The minimum Gasteiger partial charge on any atom is -0.490 e. The van der Waals surface area contributed by atoms with Gasteiger partial charge < -0.3 is 10.5 Å². The molecule has 0 saturated heterocycles. The van der Waals surface area contributed by atoms with Gasteiger partial charge in [0.2, 0.25) is 0 Å². The normalized spacial score (nSPS) is 11.9. The number of hydrogen-bond donors (Lipinski definition) is 1. The zero-order valence-corrected chi connectivity index (χ0v) is 10.6. The van der Waals surface area contributed by atoms with Gasteiger partial charge in [0.05, 0.1) is 0 Å². The topological polar surface area (TPSA) is 48.1 Å². The fraction of sp³-hybridized carbons (Fsp3) is 0.500. The van der Waals surface area contributed by atoms with Crippen LogP contribution in [0.1, 0.15) is 26.0 Å². The summed E-state index contributed by atoms with van der Waals surface area (Å²) in [7, 11) is 0. The van der Waals surface area contributed by atoms with Crippen molar-refractivity contribution in [3.8, 4) is 5.75 Å². The molecule has 0 fully saturated rings. The van der Waals surface area contributed by atoms with Crippen molar-refractivity contribution in [3.63, 3.8) is 0 Å². The Labute approximate surface area is 101 Å². The number of pyridine rings is 1. The second-order valence-corrected chi connectivity index (χ2v) is 4.91. The maximum atomic E-state index is 12.6. The molecule has 0 aliphatic heterocycles. The Balaban J connectivity index is 2.87. The number of rotatable bonds is 4. The van der Waals surface area contributed by atoms with Crippen LogP contribution in [-0.2, 0) is 0 Å². The van der Waals surface area contributed by atoms with Gasteiger partial charge >= 0.3 is 0 Å². The Hall–Kier alpha value is -0.750. The molecule has 0 unspecified atom stereocenters. The van der Waals surface area contributed by atoms with Gasteiger partial charge in [-0.3, -0.25) is 0 Å². The SMILES string of the molecule is CC(C)(N)COc1ccc(Br)nc1C(F)F. The molecule has 0 spiro atoms. The predicted octanol–water partition coefficient (Wildman–Crippen LogP) is 2.90. The molecular weight excluding hydrogens is 282 g/mol. The van der Waals surface area contributed by atoms with Crippen LogP contribution in [0.25, 0.3) is 0 Å². The van der Waals surface area contributed by atoms with Gasteiger partial charge in [-0.2, -0.15) is 0 Å². The molecule has 0 aliphatic rings. The summed E-state index contributed by atoms with van der Waals surface area (Å²) in [6, 6.07) is 3.00. The smallest absolute Gasteiger partial charge is 0.284 e. The van der Waals surface area contributed by atoms with Crippen LogP contribution in [0.5, 0.6) is 5.75 Å². The van der Waals surface area contributed by atoms with E-state index >= 15 is 0 Å². The molecule has 0 aromatic carbocycles. The summed E-state index contributed by atoms with van der Waals surface area (Å²) >= 11 is 3.03. The van der Waals surface area contributed by atoms with Gasteiger partial charge in [-0.05, 0) is 41.9 Å². The van der Waals surface area contributed by atoms with Crippen molar-refractivity contribution < 1.29 is 13.5 Å². The number of halogens is 3. The standard InChI is InChI=1S/C10H13BrF2N2O/c1-10(2,14)5-16-6-3-4-7(11)15-8(6)9(12)13/h3-4,9H,5,14H2,1-2H3. The maximum absolute atomic E-state index is 12.6. The Morgan fingerprint density at radius 1 is 1.50 bits per heavy atom. The predicted molar refractivity (Wildman–Crippen MR) is 60.7 cm³/mol. The summed E-state index contributed by atoms with van der Waals surface area (Å²) in [5.74, 6) is 0.0664. The number of nitrogens with zero attached hydrogens (tertiary/aromatic N) is 1. The average molecular weight is 295 g/mol. The van der Waals surface area contributed by atoms with Gasteiger partial charge in [-0.1, -0.05) is 0 Å². The van der Waals surface area contributed by atoms with Crippen LogP contribution in [0, 0.1) is 0 Å². The van der Waals surface area contributed by atoms with Crippen molar-refractivity contribution in [2.24, 2.45) is 5.73 Å². The van der Waals surface area contributed by atoms with Gasteiger partial charge in [0.1, 0.15) is 22.7 Å². The van der Waals surface area contributed by atoms with Crippen LogP contribution < -0.4 is 10.5 Å². The molecule has 0 radical (unpaired) electrons. The third-order valence-electron chi connectivity index (χ3n) is 1.66. The second-order valence-electron chi connectivity index (χ2n) is 4.10. The van der Waals surface area contributed by atoms with E-state index in [1.54, 1.807) is 19.9 Å². The molecular formula is C10H13BrF2N2O. The molecule has 1 aromatic rings. The fourth-order valence-corrected chi connectivity index (χ4v) is 1.30. The Morgan fingerprint density at radius 3 is 2.62 bits per heavy atom. The molecule has 3 nitrogen and oxygen atoms in total. The minimum atomic E-state index is -2.67. The second kappa shape index (κ2) is 5.05. The summed E-state index contributed by atoms with van der Waals surface area (Å²) in [6.07, 6.45) is -2.67. The highest BCUT2D eigenvalue weighted by Gasteiger charge is 2.19. The first-order valence-corrected chi connectivity index (χ1v) is 5.45. The van der Waals surface area contributed by atoms with Crippen LogP contribution in [-0.4, -0.2) is 17.1 Å². The quantitative estimate of drug-likeness (QED) is 0.869. The summed E-state index contributed by atoms with van der Waals surface area (Å²) in [4.78, 5) is 3.67. The molecule has 0 aliphatic carbocycles. The van der Waals surface area contributed by atoms with Crippen LogP contribution in [0.3, 0.4) is 0 Å². The van der Waals surface area contributed by atoms with Crippen molar-refractivity contribution in [3.05, 3.63) is 22.4 Å². The van der Waals surface area contributed by atoms with E-state index in [1.807, 2.05) is 0 Å². The van der Waals surface area contributed by atoms with E-state index in [0.717, 1.165) is 0 Å². The number of alkyl halides is 2. The number of nitrogens with two attached hydrogens (primary N) is 1. The van der Waals surface area contributed by atoms with Gasteiger partial charge in [0, 0.05) is 5.54 Å². The molecule has 2 N–H and O–H groups in total. The molecule has 0 atom stereocenters. The Bertz CT molecular complexity index is 366. The molecule has 90 valence electrons. The van der Waals surface area contributed by atoms with Crippen LogP contribution >= 0.6 is 15.9 Å². The molecule has 0 bridgehead atoms. The van der Waals surface area contributed by atoms with Crippen molar-refractivity contribution in [2.75, 3.05) is 6.61 Å².